The number of rotatable bonds is 6. The van der Waals surface area contributed by atoms with E-state index in [9.17, 15) is 23.5 Å². The lowest BCUT2D eigenvalue weighted by Crippen LogP contribution is -2.26. The van der Waals surface area contributed by atoms with Crippen molar-refractivity contribution in [2.24, 2.45) is 0 Å². The Hall–Kier alpha value is -4.34. The van der Waals surface area contributed by atoms with Crippen molar-refractivity contribution in [3.05, 3.63) is 77.7 Å². The van der Waals surface area contributed by atoms with E-state index >= 15 is 0 Å². The van der Waals surface area contributed by atoms with E-state index in [1.165, 1.54) is 10.8 Å². The number of ether oxygens (including phenoxy) is 2. The number of carbonyl (C=O) groups excluding carboxylic acids is 1. The minimum Gasteiger partial charge on any atom is -0.489 e. The molecule has 2 heterocycles. The summed E-state index contributed by atoms with van der Waals surface area (Å²) in [5.74, 6) is -4.80. The van der Waals surface area contributed by atoms with Gasteiger partial charge in [0.2, 0.25) is 0 Å². The highest BCUT2D eigenvalue weighted by molar-refractivity contribution is 6.00. The first-order valence-electron chi connectivity index (χ1n) is 11.4. The Balaban J connectivity index is 1.83. The third-order valence-corrected chi connectivity index (χ3v) is 5.29. The van der Waals surface area contributed by atoms with E-state index in [1.54, 1.807) is 39.0 Å². The van der Waals surface area contributed by atoms with Gasteiger partial charge in [0, 0.05) is 36.3 Å². The van der Waals surface area contributed by atoms with E-state index in [0.29, 0.717) is 30.2 Å². The van der Waals surface area contributed by atoms with Crippen molar-refractivity contribution < 1.29 is 33.0 Å². The Morgan fingerprint density at radius 1 is 1.05 bits per heavy atom. The predicted octanol–water partition coefficient (Wildman–Crippen LogP) is 6.27. The van der Waals surface area contributed by atoms with Gasteiger partial charge in [-0.1, -0.05) is 30.3 Å². The van der Waals surface area contributed by atoms with Crippen LogP contribution in [0.4, 0.5) is 13.6 Å². The molecule has 0 aliphatic carbocycles. The van der Waals surface area contributed by atoms with Crippen LogP contribution < -0.4 is 4.74 Å². The number of carboxylic acids is 1. The first-order valence-corrected chi connectivity index (χ1v) is 11.4. The summed E-state index contributed by atoms with van der Waals surface area (Å²) in [5.41, 5.74) is -0.851. The molecule has 0 radical (unpaired) electrons. The highest BCUT2D eigenvalue weighted by Gasteiger charge is 2.33. The number of carboxylic acid groups (broad SMARTS) is 1. The lowest BCUT2D eigenvalue weighted by Gasteiger charge is -2.19. The summed E-state index contributed by atoms with van der Waals surface area (Å²) in [6, 6.07) is 14.5. The van der Waals surface area contributed by atoms with Gasteiger partial charge in [-0.3, -0.25) is 4.57 Å². The Kier molecular flexibility index (Phi) is 6.68. The SMILES string of the molecule is CC(C)(C)OC(=O)n1cc(-c2ncc(C(=O)O)c(C(C)(F)F)n2)c2ccc(OCc3ccccc3)cc21. The van der Waals surface area contributed by atoms with Crippen LogP contribution in [0.25, 0.3) is 22.3 Å². The molecular formula is C27H25F2N3O5. The zero-order valence-electron chi connectivity index (χ0n) is 20.7. The van der Waals surface area contributed by atoms with Gasteiger partial charge in [0.1, 0.15) is 29.2 Å². The van der Waals surface area contributed by atoms with Crippen molar-refractivity contribution >= 4 is 23.0 Å². The summed E-state index contributed by atoms with van der Waals surface area (Å²) in [7, 11) is 0. The van der Waals surface area contributed by atoms with E-state index in [2.05, 4.69) is 9.97 Å². The van der Waals surface area contributed by atoms with E-state index in [1.807, 2.05) is 30.3 Å². The van der Waals surface area contributed by atoms with Gasteiger partial charge in [0.25, 0.3) is 5.92 Å². The van der Waals surface area contributed by atoms with Crippen molar-refractivity contribution in [3.63, 3.8) is 0 Å². The van der Waals surface area contributed by atoms with Crippen LogP contribution in [0.1, 0.15) is 49.3 Å². The maximum Gasteiger partial charge on any atom is 0.419 e. The molecule has 0 saturated heterocycles. The molecule has 0 bridgehead atoms. The summed E-state index contributed by atoms with van der Waals surface area (Å²) in [6.07, 6.45) is 1.52. The van der Waals surface area contributed by atoms with Gasteiger partial charge in [0.15, 0.2) is 5.82 Å². The number of aromatic nitrogens is 3. The van der Waals surface area contributed by atoms with Crippen molar-refractivity contribution in [2.45, 2.75) is 45.8 Å². The molecule has 0 amide bonds. The zero-order chi connectivity index (χ0) is 27.0. The van der Waals surface area contributed by atoms with Crippen LogP contribution >= 0.6 is 0 Å². The molecule has 4 rings (SSSR count). The van der Waals surface area contributed by atoms with Crippen LogP contribution in [0, 0.1) is 0 Å². The summed E-state index contributed by atoms with van der Waals surface area (Å²) < 4.78 is 41.1. The standard InChI is InChI=1S/C27H25F2N3O5/c1-26(2,3)37-25(35)32-14-20(23-30-13-19(24(33)34)22(31-23)27(4,28)29)18-11-10-17(12-21(18)32)36-15-16-8-6-5-7-9-16/h5-14H,15H2,1-4H3,(H,33,34). The normalized spacial score (nSPS) is 11.9. The summed E-state index contributed by atoms with van der Waals surface area (Å²) in [4.78, 5) is 32.4. The topological polar surface area (TPSA) is 104 Å². The Morgan fingerprint density at radius 3 is 2.38 bits per heavy atom. The molecular weight excluding hydrogens is 484 g/mol. The van der Waals surface area contributed by atoms with Crippen LogP contribution in [0.5, 0.6) is 5.75 Å². The molecule has 2 aromatic carbocycles. The van der Waals surface area contributed by atoms with E-state index in [-0.39, 0.29) is 11.4 Å². The molecule has 8 nitrogen and oxygen atoms in total. The number of nitrogens with zero attached hydrogens (tertiary/aromatic N) is 3. The molecule has 0 spiro atoms. The number of carbonyl (C=O) groups is 2. The quantitative estimate of drug-likeness (QED) is 0.327. The van der Waals surface area contributed by atoms with E-state index in [0.717, 1.165) is 11.8 Å². The highest BCUT2D eigenvalue weighted by Crippen LogP contribution is 2.35. The smallest absolute Gasteiger partial charge is 0.419 e. The molecule has 37 heavy (non-hydrogen) atoms. The minimum absolute atomic E-state index is 0.160. The largest absolute Gasteiger partial charge is 0.489 e. The van der Waals surface area contributed by atoms with E-state index in [4.69, 9.17) is 9.47 Å². The second-order valence-electron chi connectivity index (χ2n) is 9.50. The highest BCUT2D eigenvalue weighted by atomic mass is 19.3. The van der Waals surface area contributed by atoms with Gasteiger partial charge >= 0.3 is 12.1 Å². The number of benzene rings is 2. The second kappa shape index (κ2) is 9.61. The Morgan fingerprint density at radius 2 is 1.76 bits per heavy atom. The van der Waals surface area contributed by atoms with Gasteiger partial charge in [-0.2, -0.15) is 8.78 Å². The molecule has 0 fully saturated rings. The molecule has 2 aromatic heterocycles. The molecule has 4 aromatic rings. The first-order chi connectivity index (χ1) is 17.3. The summed E-state index contributed by atoms with van der Waals surface area (Å²) >= 11 is 0. The van der Waals surface area contributed by atoms with Gasteiger partial charge in [-0.25, -0.2) is 19.6 Å². The summed E-state index contributed by atoms with van der Waals surface area (Å²) in [6.45, 7) is 6.01. The lowest BCUT2D eigenvalue weighted by molar-refractivity contribution is 0.0106. The van der Waals surface area contributed by atoms with Crippen molar-refractivity contribution in [1.29, 1.82) is 0 Å². The maximum atomic E-state index is 14.2. The number of fused-ring (bicyclic) bond motifs is 1. The van der Waals surface area contributed by atoms with Crippen LogP contribution in [0.2, 0.25) is 0 Å². The average molecular weight is 510 g/mol. The van der Waals surface area contributed by atoms with Gasteiger partial charge in [-0.15, -0.1) is 0 Å². The van der Waals surface area contributed by atoms with Gasteiger partial charge in [0.05, 0.1) is 5.52 Å². The van der Waals surface area contributed by atoms with Crippen molar-refractivity contribution in [3.8, 4) is 17.1 Å². The Bertz CT molecular complexity index is 1470. The lowest BCUT2D eigenvalue weighted by atomic mass is 10.1. The number of alkyl halides is 2. The summed E-state index contributed by atoms with van der Waals surface area (Å²) in [5, 5.41) is 9.78. The molecule has 0 atom stereocenters. The zero-order valence-corrected chi connectivity index (χ0v) is 20.7. The van der Waals surface area contributed by atoms with Crippen molar-refractivity contribution in [1.82, 2.24) is 14.5 Å². The first kappa shape index (κ1) is 25.7. The van der Waals surface area contributed by atoms with E-state index < -0.39 is 34.8 Å². The Labute approximate surface area is 211 Å². The third-order valence-electron chi connectivity index (χ3n) is 5.29. The van der Waals surface area contributed by atoms with Crippen molar-refractivity contribution in [2.75, 3.05) is 0 Å². The molecule has 0 aliphatic rings. The number of aromatic carboxylic acids is 1. The third kappa shape index (κ3) is 5.74. The van der Waals surface area contributed by atoms with Crippen LogP contribution in [-0.4, -0.2) is 37.3 Å². The number of hydrogen-bond donors (Lipinski definition) is 1. The fourth-order valence-electron chi connectivity index (χ4n) is 3.68. The molecule has 0 saturated carbocycles. The molecule has 0 aliphatic heterocycles. The maximum absolute atomic E-state index is 14.2. The number of halogens is 2. The van der Waals surface area contributed by atoms with Crippen LogP contribution in [-0.2, 0) is 17.3 Å². The van der Waals surface area contributed by atoms with Gasteiger partial charge in [-0.05, 0) is 38.5 Å². The fraction of sp³-hybridized carbons (Fsp3) is 0.259. The molecule has 0 unspecified atom stereocenters. The second-order valence-corrected chi connectivity index (χ2v) is 9.50. The van der Waals surface area contributed by atoms with Crippen LogP contribution in [0.15, 0.2) is 60.9 Å². The molecule has 192 valence electrons. The molecule has 1 N–H and O–H groups in total. The monoisotopic (exact) mass is 509 g/mol. The number of hydrogen-bond acceptors (Lipinski definition) is 6. The predicted molar refractivity (Wildman–Crippen MR) is 132 cm³/mol. The molecule has 10 heteroatoms. The average Bonchev–Trinajstić information content (AvgIpc) is 3.20. The fourth-order valence-corrected chi connectivity index (χ4v) is 3.68. The van der Waals surface area contributed by atoms with Crippen LogP contribution in [0.3, 0.4) is 0 Å². The van der Waals surface area contributed by atoms with Gasteiger partial charge < -0.3 is 14.6 Å². The minimum atomic E-state index is -3.53.